The molecule has 0 aliphatic heterocycles. The quantitative estimate of drug-likeness (QED) is 0.165. The number of carbonyl (C=O) groups is 5. The molecule has 0 heterocycles. The Balaban J connectivity index is 1.70. The molecule has 0 spiro atoms. The number of ether oxygens (including phenoxy) is 2. The summed E-state index contributed by atoms with van der Waals surface area (Å²) in [6.45, 7) is 5.10. The Kier molecular flexibility index (Phi) is 13.8. The average Bonchev–Trinajstić information content (AvgIpc) is 3.05. The van der Waals surface area contributed by atoms with Crippen molar-refractivity contribution >= 4 is 46.8 Å². The van der Waals surface area contributed by atoms with Crippen molar-refractivity contribution in [2.45, 2.75) is 33.6 Å². The van der Waals surface area contributed by atoms with Crippen molar-refractivity contribution in [3.8, 4) is 11.5 Å². The Morgan fingerprint density at radius 2 is 1.44 bits per heavy atom. The second-order valence-electron chi connectivity index (χ2n) is 11.4. The number of urea groups is 1. The molecule has 3 aromatic carbocycles. The Hall–Kier alpha value is -5.59. The van der Waals surface area contributed by atoms with Gasteiger partial charge in [-0.25, -0.2) is 4.79 Å². The number of aliphatic carboxylic acids is 1. The van der Waals surface area contributed by atoms with E-state index in [-0.39, 0.29) is 36.9 Å². The van der Waals surface area contributed by atoms with Gasteiger partial charge in [0.2, 0.25) is 11.8 Å². The predicted molar refractivity (Wildman–Crippen MR) is 183 cm³/mol. The van der Waals surface area contributed by atoms with Gasteiger partial charge in [-0.2, -0.15) is 0 Å². The maximum absolute atomic E-state index is 13.6. The van der Waals surface area contributed by atoms with Gasteiger partial charge in [-0.3, -0.25) is 19.2 Å². The lowest BCUT2D eigenvalue weighted by Crippen LogP contribution is -2.46. The maximum atomic E-state index is 13.6. The number of rotatable bonds is 16. The smallest absolute Gasteiger partial charge is 0.323 e. The standard InChI is InChI=1S/C35H43N5O8/c1-23(2)17-19-39(31(42)22-40(20-18-32(43)44)34(45)27-10-8-12-29(47-4)33(27)48-5)21-30(41)36-25-13-15-26(16-14-25)37-35(46)38-28-11-7-6-9-24(28)3/h6-16,23H,17-22H2,1-5H3,(H,36,41)(H,43,44)(H2,37,38,46). The van der Waals surface area contributed by atoms with Gasteiger partial charge in [-0.15, -0.1) is 0 Å². The summed E-state index contributed by atoms with van der Waals surface area (Å²) >= 11 is 0. The van der Waals surface area contributed by atoms with Crippen molar-refractivity contribution in [3.63, 3.8) is 0 Å². The van der Waals surface area contributed by atoms with E-state index in [0.29, 0.717) is 29.2 Å². The molecule has 0 atom stereocenters. The fourth-order valence-corrected chi connectivity index (χ4v) is 4.69. The molecule has 0 aliphatic rings. The van der Waals surface area contributed by atoms with Crippen LogP contribution in [0.25, 0.3) is 0 Å². The number of carboxylic acid groups (broad SMARTS) is 1. The van der Waals surface area contributed by atoms with Crippen LogP contribution in [0.3, 0.4) is 0 Å². The predicted octanol–water partition coefficient (Wildman–Crippen LogP) is 5.09. The van der Waals surface area contributed by atoms with E-state index in [0.717, 1.165) is 10.5 Å². The van der Waals surface area contributed by atoms with Crippen LogP contribution in [0.15, 0.2) is 66.7 Å². The normalized spacial score (nSPS) is 10.5. The lowest BCUT2D eigenvalue weighted by Gasteiger charge is -2.28. The maximum Gasteiger partial charge on any atom is 0.323 e. The van der Waals surface area contributed by atoms with Crippen LogP contribution in [0.2, 0.25) is 0 Å². The summed E-state index contributed by atoms with van der Waals surface area (Å²) in [5.41, 5.74) is 2.66. The molecule has 0 aliphatic carbocycles. The van der Waals surface area contributed by atoms with Gasteiger partial charge in [0.1, 0.15) is 6.54 Å². The molecule has 0 fully saturated rings. The number of nitrogens with one attached hydrogen (secondary N) is 3. The summed E-state index contributed by atoms with van der Waals surface area (Å²) in [7, 11) is 2.80. The van der Waals surface area contributed by atoms with E-state index in [9.17, 15) is 29.1 Å². The molecule has 13 nitrogen and oxygen atoms in total. The number of benzene rings is 3. The minimum atomic E-state index is -1.14. The highest BCUT2D eigenvalue weighted by Gasteiger charge is 2.27. The zero-order valence-corrected chi connectivity index (χ0v) is 27.9. The highest BCUT2D eigenvalue weighted by molar-refractivity contribution is 6.01. The topological polar surface area (TPSA) is 167 Å². The third kappa shape index (κ3) is 11.0. The highest BCUT2D eigenvalue weighted by atomic mass is 16.5. The average molecular weight is 662 g/mol. The van der Waals surface area contributed by atoms with Crippen LogP contribution in [0.1, 0.15) is 42.6 Å². The highest BCUT2D eigenvalue weighted by Crippen LogP contribution is 2.31. The van der Waals surface area contributed by atoms with Crippen LogP contribution < -0.4 is 25.4 Å². The van der Waals surface area contributed by atoms with Gasteiger partial charge in [0, 0.05) is 30.2 Å². The SMILES string of the molecule is COc1cccc(C(=O)N(CCC(=O)O)CC(=O)N(CCC(C)C)CC(=O)Nc2ccc(NC(=O)Nc3ccccc3C)cc2)c1OC. The van der Waals surface area contributed by atoms with E-state index in [4.69, 9.17) is 9.47 Å². The summed E-state index contributed by atoms with van der Waals surface area (Å²) in [5, 5.41) is 17.6. The van der Waals surface area contributed by atoms with Gasteiger partial charge in [0.15, 0.2) is 11.5 Å². The molecule has 3 aromatic rings. The number of aryl methyl sites for hydroxylation is 1. The molecule has 0 aromatic heterocycles. The molecule has 256 valence electrons. The molecule has 4 N–H and O–H groups in total. The number of para-hydroxylation sites is 2. The third-order valence-electron chi connectivity index (χ3n) is 7.33. The second kappa shape index (κ2) is 17.9. The molecule has 0 bridgehead atoms. The van der Waals surface area contributed by atoms with Crippen LogP contribution in [-0.2, 0) is 14.4 Å². The summed E-state index contributed by atoms with van der Waals surface area (Å²) in [6.07, 6.45) is 0.201. The Bertz CT molecular complexity index is 1590. The van der Waals surface area contributed by atoms with E-state index in [1.807, 2.05) is 39.0 Å². The van der Waals surface area contributed by atoms with Gasteiger partial charge in [-0.1, -0.05) is 38.1 Å². The minimum absolute atomic E-state index is 0.104. The molecule has 0 unspecified atom stereocenters. The number of carboxylic acids is 1. The number of anilines is 3. The lowest BCUT2D eigenvalue weighted by molar-refractivity contribution is -0.138. The molecule has 0 radical (unpaired) electrons. The van der Waals surface area contributed by atoms with Gasteiger partial charge in [-0.05, 0) is 67.3 Å². The fourth-order valence-electron chi connectivity index (χ4n) is 4.69. The number of hydrogen-bond donors (Lipinski definition) is 4. The van der Waals surface area contributed by atoms with Crippen molar-refractivity contribution in [1.82, 2.24) is 9.80 Å². The van der Waals surface area contributed by atoms with E-state index in [1.54, 1.807) is 42.5 Å². The van der Waals surface area contributed by atoms with Crippen molar-refractivity contribution in [2.75, 3.05) is 56.3 Å². The van der Waals surface area contributed by atoms with Crippen LogP contribution in [0, 0.1) is 12.8 Å². The first kappa shape index (κ1) is 36.9. The monoisotopic (exact) mass is 661 g/mol. The number of nitrogens with zero attached hydrogens (tertiary/aromatic N) is 2. The molecule has 13 heteroatoms. The van der Waals surface area contributed by atoms with Crippen molar-refractivity contribution < 1.29 is 38.6 Å². The van der Waals surface area contributed by atoms with E-state index < -0.39 is 42.7 Å². The first-order valence-corrected chi connectivity index (χ1v) is 15.4. The fraction of sp³-hybridized carbons (Fsp3) is 0.343. The third-order valence-corrected chi connectivity index (χ3v) is 7.33. The molecule has 3 rings (SSSR count). The Morgan fingerprint density at radius 1 is 0.771 bits per heavy atom. The first-order chi connectivity index (χ1) is 22.9. The zero-order valence-electron chi connectivity index (χ0n) is 27.9. The Morgan fingerprint density at radius 3 is 2.04 bits per heavy atom. The molecule has 48 heavy (non-hydrogen) atoms. The first-order valence-electron chi connectivity index (χ1n) is 15.4. The van der Waals surface area contributed by atoms with E-state index >= 15 is 0 Å². The summed E-state index contributed by atoms with van der Waals surface area (Å²) < 4.78 is 10.7. The van der Waals surface area contributed by atoms with Crippen molar-refractivity contribution in [3.05, 3.63) is 77.9 Å². The van der Waals surface area contributed by atoms with Crippen LogP contribution in [-0.4, -0.2) is 85.0 Å². The second-order valence-corrected chi connectivity index (χ2v) is 11.4. The number of methoxy groups -OCH3 is 2. The molecule has 5 amide bonds. The van der Waals surface area contributed by atoms with Gasteiger partial charge < -0.3 is 40.3 Å². The van der Waals surface area contributed by atoms with Crippen LogP contribution in [0.5, 0.6) is 11.5 Å². The number of carbonyl (C=O) groups excluding carboxylic acids is 4. The van der Waals surface area contributed by atoms with Crippen LogP contribution in [0.4, 0.5) is 21.9 Å². The zero-order chi connectivity index (χ0) is 35.2. The molecule has 0 saturated carbocycles. The molecular formula is C35H43N5O8. The Labute approximate surface area is 280 Å². The number of hydrogen-bond acceptors (Lipinski definition) is 7. The van der Waals surface area contributed by atoms with Crippen molar-refractivity contribution in [1.29, 1.82) is 0 Å². The minimum Gasteiger partial charge on any atom is -0.493 e. The number of amides is 5. The largest absolute Gasteiger partial charge is 0.493 e. The van der Waals surface area contributed by atoms with E-state index in [2.05, 4.69) is 16.0 Å². The summed E-state index contributed by atoms with van der Waals surface area (Å²) in [5.74, 6) is -2.07. The van der Waals surface area contributed by atoms with Gasteiger partial charge >= 0.3 is 12.0 Å². The van der Waals surface area contributed by atoms with E-state index in [1.165, 1.54) is 25.2 Å². The summed E-state index contributed by atoms with van der Waals surface area (Å²) in [6, 6.07) is 18.2. The lowest BCUT2D eigenvalue weighted by atomic mass is 10.1. The summed E-state index contributed by atoms with van der Waals surface area (Å²) in [4.78, 5) is 66.7. The molecular weight excluding hydrogens is 618 g/mol. The van der Waals surface area contributed by atoms with Gasteiger partial charge in [0.25, 0.3) is 5.91 Å². The molecule has 0 saturated heterocycles. The van der Waals surface area contributed by atoms with Crippen molar-refractivity contribution in [2.24, 2.45) is 5.92 Å². The van der Waals surface area contributed by atoms with Crippen LogP contribution >= 0.6 is 0 Å². The van der Waals surface area contributed by atoms with Gasteiger partial charge in [0.05, 0.1) is 32.7 Å².